The van der Waals surface area contributed by atoms with Crippen LogP contribution in [0.1, 0.15) is 25.3 Å². The molecule has 1 aliphatic rings. The molecule has 1 unspecified atom stereocenters. The highest BCUT2D eigenvalue weighted by atomic mass is 35.5. The van der Waals surface area contributed by atoms with Crippen molar-refractivity contribution in [2.45, 2.75) is 37.2 Å². The van der Waals surface area contributed by atoms with E-state index >= 15 is 0 Å². The third-order valence-corrected chi connectivity index (χ3v) is 7.72. The topological polar surface area (TPSA) is 95.6 Å². The van der Waals surface area contributed by atoms with Crippen LogP contribution < -0.4 is 10.6 Å². The average Bonchev–Trinajstić information content (AvgIpc) is 2.78. The number of hydrogen-bond acceptors (Lipinski definition) is 4. The van der Waals surface area contributed by atoms with Gasteiger partial charge in [-0.15, -0.1) is 0 Å². The van der Waals surface area contributed by atoms with Crippen molar-refractivity contribution in [2.75, 3.05) is 13.1 Å². The first-order valence-electron chi connectivity index (χ1n) is 10.3. The second-order valence-electron chi connectivity index (χ2n) is 7.67. The third-order valence-electron chi connectivity index (χ3n) is 5.44. The predicted octanol–water partition coefficient (Wildman–Crippen LogP) is 2.70. The number of piperidine rings is 1. The van der Waals surface area contributed by atoms with Crippen LogP contribution in [0.25, 0.3) is 0 Å². The molecular formula is C22H25ClFN3O4S. The van der Waals surface area contributed by atoms with Crippen molar-refractivity contribution in [2.24, 2.45) is 5.92 Å². The lowest BCUT2D eigenvalue weighted by Crippen LogP contribution is -2.49. The molecule has 0 aliphatic carbocycles. The minimum absolute atomic E-state index is 0.0191. The predicted molar refractivity (Wildman–Crippen MR) is 119 cm³/mol. The fourth-order valence-corrected chi connectivity index (χ4v) is 5.16. The van der Waals surface area contributed by atoms with E-state index in [4.69, 9.17) is 11.6 Å². The Kier molecular flexibility index (Phi) is 7.86. The number of nitrogens with zero attached hydrogens (tertiary/aromatic N) is 1. The van der Waals surface area contributed by atoms with Gasteiger partial charge in [-0.2, -0.15) is 4.31 Å². The molecule has 3 rings (SSSR count). The van der Waals surface area contributed by atoms with Crippen molar-refractivity contribution in [1.29, 1.82) is 0 Å². The standard InChI is InChI=1S/C22H25ClFN3O4S/c1-15(21(28)25-14-17-4-2-3-5-20(17)23)26-22(29)16-10-12-27(13-11-16)32(30,31)19-8-6-18(24)7-9-19/h2-9,15-16H,10-14H2,1H3,(H,25,28)(H,26,29). The Morgan fingerprint density at radius 1 is 1.12 bits per heavy atom. The molecule has 2 aromatic carbocycles. The van der Waals surface area contributed by atoms with Gasteiger partial charge in [0.15, 0.2) is 0 Å². The SMILES string of the molecule is CC(NC(=O)C1CCN(S(=O)(=O)c2ccc(F)cc2)CC1)C(=O)NCc1ccccc1Cl. The number of amides is 2. The van der Waals surface area contributed by atoms with Crippen LogP contribution in [-0.2, 0) is 26.2 Å². The zero-order valence-corrected chi connectivity index (χ0v) is 19.1. The van der Waals surface area contributed by atoms with E-state index in [1.165, 1.54) is 16.4 Å². The molecule has 2 aromatic rings. The molecular weight excluding hydrogens is 457 g/mol. The van der Waals surface area contributed by atoms with Crippen molar-refractivity contribution < 1.29 is 22.4 Å². The number of rotatable bonds is 7. The first-order valence-corrected chi connectivity index (χ1v) is 12.1. The zero-order chi connectivity index (χ0) is 23.3. The highest BCUT2D eigenvalue weighted by molar-refractivity contribution is 7.89. The summed E-state index contributed by atoms with van der Waals surface area (Å²) in [5.41, 5.74) is 0.774. The summed E-state index contributed by atoms with van der Waals surface area (Å²) in [5, 5.41) is 5.99. The van der Waals surface area contributed by atoms with Gasteiger partial charge in [0.05, 0.1) is 4.90 Å². The fourth-order valence-electron chi connectivity index (χ4n) is 3.49. The van der Waals surface area contributed by atoms with Crippen LogP contribution >= 0.6 is 11.6 Å². The molecule has 2 amide bonds. The van der Waals surface area contributed by atoms with Crippen LogP contribution in [-0.4, -0.2) is 43.7 Å². The van der Waals surface area contributed by atoms with Crippen LogP contribution in [0, 0.1) is 11.7 Å². The Bertz CT molecular complexity index is 1070. The Morgan fingerprint density at radius 3 is 2.38 bits per heavy atom. The summed E-state index contributed by atoms with van der Waals surface area (Å²) in [6, 6.07) is 11.1. The van der Waals surface area contributed by atoms with Gasteiger partial charge in [-0.25, -0.2) is 12.8 Å². The summed E-state index contributed by atoms with van der Waals surface area (Å²) in [5.74, 6) is -1.53. The summed E-state index contributed by atoms with van der Waals surface area (Å²) in [6.45, 7) is 2.18. The van der Waals surface area contributed by atoms with E-state index in [1.54, 1.807) is 25.1 Å². The summed E-state index contributed by atoms with van der Waals surface area (Å²) >= 11 is 6.08. The zero-order valence-electron chi connectivity index (χ0n) is 17.6. The maximum atomic E-state index is 13.1. The maximum Gasteiger partial charge on any atom is 0.243 e. The molecule has 0 saturated carbocycles. The van der Waals surface area contributed by atoms with Gasteiger partial charge >= 0.3 is 0 Å². The highest BCUT2D eigenvalue weighted by Crippen LogP contribution is 2.24. The molecule has 32 heavy (non-hydrogen) atoms. The molecule has 10 heteroatoms. The number of sulfonamides is 1. The van der Waals surface area contributed by atoms with Crippen molar-refractivity contribution in [3.8, 4) is 0 Å². The minimum atomic E-state index is -3.74. The van der Waals surface area contributed by atoms with Crippen LogP contribution in [0.5, 0.6) is 0 Å². The third kappa shape index (κ3) is 5.85. The van der Waals surface area contributed by atoms with Crippen LogP contribution in [0.15, 0.2) is 53.4 Å². The normalized spacial score (nSPS) is 16.3. The molecule has 0 aromatic heterocycles. The van der Waals surface area contributed by atoms with Crippen LogP contribution in [0.4, 0.5) is 4.39 Å². The molecule has 1 aliphatic heterocycles. The highest BCUT2D eigenvalue weighted by Gasteiger charge is 2.33. The first-order chi connectivity index (χ1) is 15.2. The van der Waals surface area contributed by atoms with Crippen molar-refractivity contribution in [1.82, 2.24) is 14.9 Å². The number of carbonyl (C=O) groups is 2. The van der Waals surface area contributed by atoms with E-state index in [0.717, 1.165) is 17.7 Å². The van der Waals surface area contributed by atoms with Gasteiger partial charge in [-0.1, -0.05) is 29.8 Å². The van der Waals surface area contributed by atoms with E-state index in [2.05, 4.69) is 10.6 Å². The number of carbonyl (C=O) groups excluding carboxylic acids is 2. The molecule has 0 radical (unpaired) electrons. The molecule has 0 spiro atoms. The van der Waals surface area contributed by atoms with Gasteiger partial charge in [0.2, 0.25) is 21.8 Å². The Morgan fingerprint density at radius 2 is 1.75 bits per heavy atom. The van der Waals surface area contributed by atoms with E-state index < -0.39 is 27.8 Å². The number of nitrogens with one attached hydrogen (secondary N) is 2. The lowest BCUT2D eigenvalue weighted by molar-refractivity contribution is -0.131. The van der Waals surface area contributed by atoms with Gasteiger partial charge in [-0.05, 0) is 55.7 Å². The summed E-state index contributed by atoms with van der Waals surface area (Å²) in [6.07, 6.45) is 0.667. The van der Waals surface area contributed by atoms with Crippen molar-refractivity contribution in [3.05, 3.63) is 64.9 Å². The maximum absolute atomic E-state index is 13.1. The second-order valence-corrected chi connectivity index (χ2v) is 10.0. The minimum Gasteiger partial charge on any atom is -0.350 e. The monoisotopic (exact) mass is 481 g/mol. The Hall–Kier alpha value is -2.49. The Balaban J connectivity index is 1.49. The summed E-state index contributed by atoms with van der Waals surface area (Å²) in [7, 11) is -3.74. The van der Waals surface area contributed by atoms with Gasteiger partial charge in [0.25, 0.3) is 0 Å². The number of halogens is 2. The molecule has 0 bridgehead atoms. The van der Waals surface area contributed by atoms with Gasteiger partial charge in [0, 0.05) is 30.6 Å². The van der Waals surface area contributed by atoms with Crippen LogP contribution in [0.3, 0.4) is 0 Å². The molecule has 1 fully saturated rings. The van der Waals surface area contributed by atoms with Crippen molar-refractivity contribution in [3.63, 3.8) is 0 Å². The second kappa shape index (κ2) is 10.4. The van der Waals surface area contributed by atoms with Gasteiger partial charge in [-0.3, -0.25) is 9.59 Å². The Labute approximate surface area is 192 Å². The summed E-state index contributed by atoms with van der Waals surface area (Å²) in [4.78, 5) is 24.9. The van der Waals surface area contributed by atoms with Crippen LogP contribution in [0.2, 0.25) is 5.02 Å². The van der Waals surface area contributed by atoms with E-state index in [9.17, 15) is 22.4 Å². The smallest absolute Gasteiger partial charge is 0.243 e. The van der Waals surface area contributed by atoms with Crippen molar-refractivity contribution >= 4 is 33.4 Å². The molecule has 1 heterocycles. The quantitative estimate of drug-likeness (QED) is 0.635. The van der Waals surface area contributed by atoms with E-state index in [-0.39, 0.29) is 36.3 Å². The molecule has 2 N–H and O–H groups in total. The molecule has 7 nitrogen and oxygen atoms in total. The molecule has 1 saturated heterocycles. The lowest BCUT2D eigenvalue weighted by atomic mass is 9.97. The van der Waals surface area contributed by atoms with E-state index in [1.807, 2.05) is 6.07 Å². The van der Waals surface area contributed by atoms with E-state index in [0.29, 0.717) is 17.9 Å². The van der Waals surface area contributed by atoms with Gasteiger partial charge in [0.1, 0.15) is 11.9 Å². The number of hydrogen-bond donors (Lipinski definition) is 2. The molecule has 172 valence electrons. The fraction of sp³-hybridized carbons (Fsp3) is 0.364. The number of benzene rings is 2. The summed E-state index contributed by atoms with van der Waals surface area (Å²) < 4.78 is 39.8. The largest absolute Gasteiger partial charge is 0.350 e. The average molecular weight is 482 g/mol. The lowest BCUT2D eigenvalue weighted by Gasteiger charge is -2.31. The molecule has 1 atom stereocenters. The first kappa shape index (κ1) is 24.2. The van der Waals surface area contributed by atoms with Gasteiger partial charge < -0.3 is 10.6 Å².